The van der Waals surface area contributed by atoms with Gasteiger partial charge in [-0.15, -0.1) is 0 Å². The van der Waals surface area contributed by atoms with Gasteiger partial charge in [-0.3, -0.25) is 4.79 Å². The average Bonchev–Trinajstić information content (AvgIpc) is 2.35. The lowest BCUT2D eigenvalue weighted by molar-refractivity contribution is -0.147. The molecule has 1 fully saturated rings. The number of nitrogens with one attached hydrogen (secondary N) is 1. The molecule has 1 aliphatic rings. The molecule has 18 heavy (non-hydrogen) atoms. The molecule has 0 radical (unpaired) electrons. The average molecular weight is 256 g/mol. The van der Waals surface area contributed by atoms with Crippen molar-refractivity contribution in [1.82, 2.24) is 5.32 Å². The Morgan fingerprint density at radius 3 is 2.39 bits per heavy atom. The largest absolute Gasteiger partial charge is 0.467 e. The molecular formula is C13H24N2O3. The van der Waals surface area contributed by atoms with E-state index in [1.807, 2.05) is 13.8 Å². The lowest BCUT2D eigenvalue weighted by atomic mass is 9.84. The Kier molecular flexibility index (Phi) is 5.59. The van der Waals surface area contributed by atoms with Crippen LogP contribution in [0, 0.1) is 11.8 Å². The molecule has 5 heteroatoms. The van der Waals surface area contributed by atoms with E-state index in [0.29, 0.717) is 0 Å². The topological polar surface area (TPSA) is 81.4 Å². The van der Waals surface area contributed by atoms with Crippen molar-refractivity contribution < 1.29 is 14.3 Å². The van der Waals surface area contributed by atoms with Gasteiger partial charge in [0.15, 0.2) is 0 Å². The zero-order valence-corrected chi connectivity index (χ0v) is 11.4. The Labute approximate surface area is 108 Å². The molecular weight excluding hydrogens is 232 g/mol. The number of rotatable bonds is 4. The van der Waals surface area contributed by atoms with Crippen LogP contribution in [0.4, 0.5) is 0 Å². The highest BCUT2D eigenvalue weighted by Crippen LogP contribution is 2.23. The van der Waals surface area contributed by atoms with Gasteiger partial charge >= 0.3 is 5.97 Å². The molecule has 0 aromatic heterocycles. The highest BCUT2D eigenvalue weighted by Gasteiger charge is 2.32. The van der Waals surface area contributed by atoms with Gasteiger partial charge in [0, 0.05) is 6.04 Å². The van der Waals surface area contributed by atoms with E-state index in [2.05, 4.69) is 5.32 Å². The molecule has 1 rings (SSSR count). The van der Waals surface area contributed by atoms with Crippen LogP contribution in [0.1, 0.15) is 39.5 Å². The molecule has 2 unspecified atom stereocenters. The lowest BCUT2D eigenvalue weighted by Gasteiger charge is -2.29. The van der Waals surface area contributed by atoms with Crippen LogP contribution in [0.2, 0.25) is 0 Å². The van der Waals surface area contributed by atoms with Crippen LogP contribution in [0.5, 0.6) is 0 Å². The third kappa shape index (κ3) is 3.70. The molecule has 0 aromatic rings. The number of carbonyl (C=O) groups excluding carboxylic acids is 2. The number of esters is 1. The van der Waals surface area contributed by atoms with Crippen molar-refractivity contribution in [2.45, 2.75) is 51.6 Å². The van der Waals surface area contributed by atoms with Gasteiger partial charge in [-0.2, -0.15) is 0 Å². The third-order valence-corrected chi connectivity index (χ3v) is 3.58. The first-order valence-electron chi connectivity index (χ1n) is 6.61. The molecule has 5 nitrogen and oxygen atoms in total. The number of amides is 1. The second-order valence-electron chi connectivity index (χ2n) is 5.31. The summed E-state index contributed by atoms with van der Waals surface area (Å²) in [4.78, 5) is 23.7. The van der Waals surface area contributed by atoms with Gasteiger partial charge in [0.2, 0.25) is 5.91 Å². The van der Waals surface area contributed by atoms with Crippen molar-refractivity contribution in [3.05, 3.63) is 0 Å². The van der Waals surface area contributed by atoms with E-state index in [1.54, 1.807) is 0 Å². The molecule has 3 N–H and O–H groups in total. The Balaban J connectivity index is 2.63. The summed E-state index contributed by atoms with van der Waals surface area (Å²) < 4.78 is 4.70. The maximum Gasteiger partial charge on any atom is 0.328 e. The Morgan fingerprint density at radius 2 is 1.89 bits per heavy atom. The summed E-state index contributed by atoms with van der Waals surface area (Å²) in [5, 5.41) is 2.77. The molecule has 0 aromatic carbocycles. The number of hydrogen-bond donors (Lipinski definition) is 2. The standard InChI is InChI=1S/C13H24N2O3/c1-8(2)11(13(17)18-3)15-12(16)9-6-4-5-7-10(9)14/h8-11H,4-7,14H2,1-3H3,(H,15,16)/t9?,10?,11-/m0/s1. The van der Waals surface area contributed by atoms with Crippen molar-refractivity contribution in [3.63, 3.8) is 0 Å². The van der Waals surface area contributed by atoms with Crippen LogP contribution in [-0.2, 0) is 14.3 Å². The molecule has 3 atom stereocenters. The highest BCUT2D eigenvalue weighted by atomic mass is 16.5. The summed E-state index contributed by atoms with van der Waals surface area (Å²) in [5.41, 5.74) is 5.96. The second-order valence-corrected chi connectivity index (χ2v) is 5.31. The van der Waals surface area contributed by atoms with Gasteiger partial charge in [-0.25, -0.2) is 4.79 Å². The molecule has 0 aliphatic heterocycles. The van der Waals surface area contributed by atoms with Crippen LogP contribution >= 0.6 is 0 Å². The van der Waals surface area contributed by atoms with Crippen molar-refractivity contribution in [3.8, 4) is 0 Å². The zero-order chi connectivity index (χ0) is 13.7. The minimum atomic E-state index is -0.586. The predicted octanol–water partition coefficient (Wildman–Crippen LogP) is 0.818. The zero-order valence-electron chi connectivity index (χ0n) is 11.4. The van der Waals surface area contributed by atoms with Gasteiger partial charge in [-0.1, -0.05) is 26.7 Å². The van der Waals surface area contributed by atoms with Crippen molar-refractivity contribution in [1.29, 1.82) is 0 Å². The second kappa shape index (κ2) is 6.73. The van der Waals surface area contributed by atoms with Crippen LogP contribution in [-0.4, -0.2) is 31.1 Å². The number of ether oxygens (including phenoxy) is 1. The first-order valence-corrected chi connectivity index (χ1v) is 6.61. The Hall–Kier alpha value is -1.10. The first-order chi connectivity index (χ1) is 8.47. The van der Waals surface area contributed by atoms with Crippen LogP contribution in [0.3, 0.4) is 0 Å². The third-order valence-electron chi connectivity index (χ3n) is 3.58. The maximum absolute atomic E-state index is 12.1. The summed E-state index contributed by atoms with van der Waals surface area (Å²) >= 11 is 0. The monoisotopic (exact) mass is 256 g/mol. The van der Waals surface area contributed by atoms with Crippen LogP contribution in [0.15, 0.2) is 0 Å². The van der Waals surface area contributed by atoms with Crippen LogP contribution in [0.25, 0.3) is 0 Å². The van der Waals surface area contributed by atoms with Crippen molar-refractivity contribution >= 4 is 11.9 Å². The van der Waals surface area contributed by atoms with Gasteiger partial charge in [0.05, 0.1) is 13.0 Å². The highest BCUT2D eigenvalue weighted by molar-refractivity contribution is 5.86. The van der Waals surface area contributed by atoms with Crippen molar-refractivity contribution in [2.75, 3.05) is 7.11 Å². The van der Waals surface area contributed by atoms with Gasteiger partial charge in [0.25, 0.3) is 0 Å². The fraction of sp³-hybridized carbons (Fsp3) is 0.846. The van der Waals surface area contributed by atoms with Gasteiger partial charge in [0.1, 0.15) is 6.04 Å². The Bertz CT molecular complexity index is 305. The number of carbonyl (C=O) groups is 2. The molecule has 0 heterocycles. The molecule has 1 saturated carbocycles. The lowest BCUT2D eigenvalue weighted by Crippen LogP contribution is -2.51. The normalized spacial score (nSPS) is 25.6. The molecule has 1 aliphatic carbocycles. The van der Waals surface area contributed by atoms with Gasteiger partial charge < -0.3 is 15.8 Å². The summed E-state index contributed by atoms with van der Waals surface area (Å²) in [6.07, 6.45) is 3.79. The van der Waals surface area contributed by atoms with E-state index >= 15 is 0 Å². The van der Waals surface area contributed by atoms with E-state index in [4.69, 9.17) is 10.5 Å². The molecule has 104 valence electrons. The van der Waals surface area contributed by atoms with Gasteiger partial charge in [-0.05, 0) is 18.8 Å². The summed E-state index contributed by atoms with van der Waals surface area (Å²) in [7, 11) is 1.33. The van der Waals surface area contributed by atoms with Crippen LogP contribution < -0.4 is 11.1 Å². The quantitative estimate of drug-likeness (QED) is 0.730. The predicted molar refractivity (Wildman–Crippen MR) is 68.7 cm³/mol. The Morgan fingerprint density at radius 1 is 1.28 bits per heavy atom. The summed E-state index contributed by atoms with van der Waals surface area (Å²) in [6.45, 7) is 3.76. The molecule has 0 bridgehead atoms. The van der Waals surface area contributed by atoms with E-state index in [9.17, 15) is 9.59 Å². The van der Waals surface area contributed by atoms with E-state index in [1.165, 1.54) is 7.11 Å². The number of nitrogens with two attached hydrogens (primary N) is 1. The summed E-state index contributed by atoms with van der Waals surface area (Å²) in [5.74, 6) is -0.695. The minimum absolute atomic E-state index is 0.00113. The van der Waals surface area contributed by atoms with E-state index < -0.39 is 12.0 Å². The number of hydrogen-bond acceptors (Lipinski definition) is 4. The first kappa shape index (κ1) is 15.0. The fourth-order valence-electron chi connectivity index (χ4n) is 2.37. The minimum Gasteiger partial charge on any atom is -0.467 e. The fourth-order valence-corrected chi connectivity index (χ4v) is 2.37. The summed E-state index contributed by atoms with van der Waals surface area (Å²) in [6, 6.07) is -0.680. The van der Waals surface area contributed by atoms with Crippen molar-refractivity contribution in [2.24, 2.45) is 17.6 Å². The molecule has 1 amide bonds. The number of methoxy groups -OCH3 is 1. The SMILES string of the molecule is COC(=O)[C@@H](NC(=O)C1CCCCC1N)C(C)C. The maximum atomic E-state index is 12.1. The smallest absolute Gasteiger partial charge is 0.328 e. The molecule has 0 saturated heterocycles. The van der Waals surface area contributed by atoms with E-state index in [-0.39, 0.29) is 23.8 Å². The molecule has 0 spiro atoms. The van der Waals surface area contributed by atoms with E-state index in [0.717, 1.165) is 25.7 Å².